The minimum atomic E-state index is -0.217. The highest BCUT2D eigenvalue weighted by Crippen LogP contribution is 2.18. The molecule has 1 aromatic carbocycles. The first-order valence-electron chi connectivity index (χ1n) is 4.63. The molecule has 2 rings (SSSR count). The van der Waals surface area contributed by atoms with E-state index in [1.165, 1.54) is 0 Å². The monoisotopic (exact) mass is 205 g/mol. The number of ether oxygens (including phenoxy) is 1. The maximum atomic E-state index is 11.4. The fourth-order valence-electron chi connectivity index (χ4n) is 1.36. The van der Waals surface area contributed by atoms with E-state index in [9.17, 15) is 4.79 Å². The number of aromatic nitrogens is 2. The van der Waals surface area contributed by atoms with Crippen LogP contribution in [-0.2, 0) is 0 Å². The van der Waals surface area contributed by atoms with Gasteiger partial charge in [0.2, 0.25) is 5.88 Å². The van der Waals surface area contributed by atoms with Crippen LogP contribution in [0.2, 0.25) is 0 Å². The molecule has 0 bridgehead atoms. The lowest BCUT2D eigenvalue weighted by molar-refractivity contribution is 0.316. The van der Waals surface area contributed by atoms with E-state index in [1.54, 1.807) is 18.2 Å². The van der Waals surface area contributed by atoms with Crippen LogP contribution in [0.3, 0.4) is 0 Å². The highest BCUT2D eigenvalue weighted by Gasteiger charge is 2.05. The average Bonchev–Trinajstić information content (AvgIpc) is 2.29. The molecule has 0 unspecified atom stereocenters. The Hall–Kier alpha value is -1.88. The summed E-state index contributed by atoms with van der Waals surface area (Å²) in [6.07, 6.45) is 0. The van der Waals surface area contributed by atoms with E-state index >= 15 is 0 Å². The maximum absolute atomic E-state index is 11.4. The van der Waals surface area contributed by atoms with Crippen molar-refractivity contribution >= 4 is 10.8 Å². The van der Waals surface area contributed by atoms with Crippen molar-refractivity contribution in [3.05, 3.63) is 34.6 Å². The van der Waals surface area contributed by atoms with Crippen LogP contribution in [0, 0.1) is 0 Å². The molecular weight excluding hydrogens is 194 g/mol. The van der Waals surface area contributed by atoms with Gasteiger partial charge < -0.3 is 10.5 Å². The van der Waals surface area contributed by atoms with Crippen LogP contribution in [0.5, 0.6) is 5.88 Å². The second-order valence-corrected chi connectivity index (χ2v) is 3.04. The van der Waals surface area contributed by atoms with Crippen molar-refractivity contribution in [3.63, 3.8) is 0 Å². The molecule has 5 heteroatoms. The molecule has 5 nitrogen and oxygen atoms in total. The van der Waals surface area contributed by atoms with Gasteiger partial charge in [-0.3, -0.25) is 4.79 Å². The molecule has 0 saturated heterocycles. The highest BCUT2D eigenvalue weighted by atomic mass is 16.5. The molecular formula is C10H11N3O2. The van der Waals surface area contributed by atoms with Crippen LogP contribution in [0.4, 0.5) is 0 Å². The van der Waals surface area contributed by atoms with Crippen molar-refractivity contribution in [3.8, 4) is 5.88 Å². The summed E-state index contributed by atoms with van der Waals surface area (Å²) in [4.78, 5) is 11.4. The van der Waals surface area contributed by atoms with E-state index in [4.69, 9.17) is 10.5 Å². The van der Waals surface area contributed by atoms with Gasteiger partial charge in [0.1, 0.15) is 6.61 Å². The molecule has 0 atom stereocenters. The SMILES string of the molecule is NCCOc1n[nH]c(=O)c2ccccc12. The molecule has 1 heterocycles. The molecule has 78 valence electrons. The number of hydrogen-bond donors (Lipinski definition) is 2. The van der Waals surface area contributed by atoms with Gasteiger partial charge in [0.05, 0.1) is 10.8 Å². The van der Waals surface area contributed by atoms with Crippen molar-refractivity contribution in [1.29, 1.82) is 0 Å². The van der Waals surface area contributed by atoms with Gasteiger partial charge in [-0.1, -0.05) is 12.1 Å². The Morgan fingerprint density at radius 2 is 2.07 bits per heavy atom. The smallest absolute Gasteiger partial charge is 0.272 e. The number of nitrogens with one attached hydrogen (secondary N) is 1. The largest absolute Gasteiger partial charge is 0.475 e. The first-order valence-corrected chi connectivity index (χ1v) is 4.63. The maximum Gasteiger partial charge on any atom is 0.272 e. The Kier molecular flexibility index (Phi) is 2.64. The topological polar surface area (TPSA) is 81.0 Å². The predicted octanol–water partition coefficient (Wildman–Crippen LogP) is 0.261. The lowest BCUT2D eigenvalue weighted by atomic mass is 10.2. The Bertz CT molecular complexity index is 521. The van der Waals surface area contributed by atoms with Crippen LogP contribution < -0.4 is 16.0 Å². The molecule has 0 aliphatic rings. The van der Waals surface area contributed by atoms with Gasteiger partial charge in [-0.25, -0.2) is 5.10 Å². The summed E-state index contributed by atoms with van der Waals surface area (Å²) in [6.45, 7) is 0.790. The number of H-pyrrole nitrogens is 1. The van der Waals surface area contributed by atoms with Crippen LogP contribution in [-0.4, -0.2) is 23.3 Å². The third-order valence-corrected chi connectivity index (χ3v) is 2.02. The van der Waals surface area contributed by atoms with E-state index in [1.807, 2.05) is 6.07 Å². The Labute approximate surface area is 85.9 Å². The quantitative estimate of drug-likeness (QED) is 0.753. The third-order valence-electron chi connectivity index (χ3n) is 2.02. The molecule has 15 heavy (non-hydrogen) atoms. The summed E-state index contributed by atoms with van der Waals surface area (Å²) in [6, 6.07) is 7.15. The summed E-state index contributed by atoms with van der Waals surface area (Å²) in [5, 5.41) is 7.48. The summed E-state index contributed by atoms with van der Waals surface area (Å²) in [5.74, 6) is 0.413. The summed E-state index contributed by atoms with van der Waals surface area (Å²) in [7, 11) is 0. The zero-order valence-electron chi connectivity index (χ0n) is 8.06. The lowest BCUT2D eigenvalue weighted by Crippen LogP contribution is -2.14. The standard InChI is InChI=1S/C10H11N3O2/c11-5-6-15-10-8-4-2-1-3-7(8)9(14)12-13-10/h1-4H,5-6,11H2,(H,12,14). The molecule has 0 saturated carbocycles. The summed E-state index contributed by atoms with van der Waals surface area (Å²) in [5.41, 5.74) is 5.11. The molecule has 3 N–H and O–H groups in total. The Morgan fingerprint density at radius 3 is 2.80 bits per heavy atom. The normalized spacial score (nSPS) is 10.5. The van der Waals surface area contributed by atoms with Crippen molar-refractivity contribution in [2.45, 2.75) is 0 Å². The van der Waals surface area contributed by atoms with Crippen molar-refractivity contribution < 1.29 is 4.74 Å². The fraction of sp³-hybridized carbons (Fsp3) is 0.200. The minimum Gasteiger partial charge on any atom is -0.475 e. The van der Waals surface area contributed by atoms with E-state index in [-0.39, 0.29) is 5.56 Å². The number of fused-ring (bicyclic) bond motifs is 1. The van der Waals surface area contributed by atoms with Crippen molar-refractivity contribution in [2.75, 3.05) is 13.2 Å². The van der Waals surface area contributed by atoms with Gasteiger partial charge in [-0.15, -0.1) is 5.10 Å². The number of nitrogens with two attached hydrogens (primary N) is 1. The van der Waals surface area contributed by atoms with Gasteiger partial charge in [0, 0.05) is 6.54 Å². The highest BCUT2D eigenvalue weighted by molar-refractivity contribution is 5.85. The number of benzene rings is 1. The van der Waals surface area contributed by atoms with E-state index in [0.717, 1.165) is 0 Å². The Balaban J connectivity index is 2.56. The molecule has 0 aliphatic heterocycles. The van der Waals surface area contributed by atoms with Crippen LogP contribution >= 0.6 is 0 Å². The number of hydrogen-bond acceptors (Lipinski definition) is 4. The summed E-state index contributed by atoms with van der Waals surface area (Å²) >= 11 is 0. The van der Waals surface area contributed by atoms with Crippen molar-refractivity contribution in [2.24, 2.45) is 5.73 Å². The molecule has 1 aromatic heterocycles. The molecule has 0 radical (unpaired) electrons. The van der Waals surface area contributed by atoms with Crippen LogP contribution in [0.15, 0.2) is 29.1 Å². The minimum absolute atomic E-state index is 0.217. The summed E-state index contributed by atoms with van der Waals surface area (Å²) < 4.78 is 5.32. The second-order valence-electron chi connectivity index (χ2n) is 3.04. The predicted molar refractivity (Wildman–Crippen MR) is 56.9 cm³/mol. The fourth-order valence-corrected chi connectivity index (χ4v) is 1.36. The Morgan fingerprint density at radius 1 is 1.33 bits per heavy atom. The molecule has 0 fully saturated rings. The average molecular weight is 205 g/mol. The van der Waals surface area contributed by atoms with E-state index in [2.05, 4.69) is 10.2 Å². The number of rotatable bonds is 3. The van der Waals surface area contributed by atoms with Gasteiger partial charge in [0.25, 0.3) is 5.56 Å². The van der Waals surface area contributed by atoms with Crippen LogP contribution in [0.25, 0.3) is 10.8 Å². The number of aromatic amines is 1. The first-order chi connectivity index (χ1) is 7.33. The third kappa shape index (κ3) is 1.82. The molecule has 0 amide bonds. The van der Waals surface area contributed by atoms with Gasteiger partial charge in [0.15, 0.2) is 0 Å². The number of nitrogens with zero attached hydrogens (tertiary/aromatic N) is 1. The zero-order chi connectivity index (χ0) is 10.7. The second kappa shape index (κ2) is 4.10. The van der Waals surface area contributed by atoms with Crippen molar-refractivity contribution in [1.82, 2.24) is 10.2 Å². The molecule has 2 aromatic rings. The van der Waals surface area contributed by atoms with Crippen LogP contribution in [0.1, 0.15) is 0 Å². The molecule has 0 aliphatic carbocycles. The van der Waals surface area contributed by atoms with Gasteiger partial charge >= 0.3 is 0 Å². The van der Waals surface area contributed by atoms with E-state index in [0.29, 0.717) is 29.8 Å². The molecule has 0 spiro atoms. The van der Waals surface area contributed by atoms with E-state index < -0.39 is 0 Å². The first kappa shape index (κ1) is 9.67. The van der Waals surface area contributed by atoms with Gasteiger partial charge in [-0.2, -0.15) is 0 Å². The zero-order valence-corrected chi connectivity index (χ0v) is 8.06. The lowest BCUT2D eigenvalue weighted by Gasteiger charge is -2.05. The van der Waals surface area contributed by atoms with Gasteiger partial charge in [-0.05, 0) is 12.1 Å².